The zero-order chi connectivity index (χ0) is 6.53. The van der Waals surface area contributed by atoms with E-state index < -0.39 is 0 Å². The molecule has 0 amide bonds. The summed E-state index contributed by atoms with van der Waals surface area (Å²) in [6.45, 7) is 0. The Hall–Kier alpha value is 1.75. The smallest absolute Gasteiger partial charge is 0.0449 e. The summed E-state index contributed by atoms with van der Waals surface area (Å²) < 4.78 is 0. The molecule has 0 aliphatic carbocycles. The molecule has 5 heteroatoms. The lowest BCUT2D eigenvalue weighted by Gasteiger charge is -2.23. The summed E-state index contributed by atoms with van der Waals surface area (Å²) in [4.78, 5) is 0. The predicted octanol–water partition coefficient (Wildman–Crippen LogP) is 2.88. The van der Waals surface area contributed by atoms with E-state index in [0.29, 0.717) is 9.93 Å². The van der Waals surface area contributed by atoms with Gasteiger partial charge in [0.05, 0.1) is 0 Å². The molecule has 0 saturated carbocycles. The zero-order valence-corrected chi connectivity index (χ0v) is 9.19. The summed E-state index contributed by atoms with van der Waals surface area (Å²) in [5, 5.41) is 5.11. The second-order valence-corrected chi connectivity index (χ2v) is 9.93. The lowest BCUT2D eigenvalue weighted by Crippen LogP contribution is -1.91. The van der Waals surface area contributed by atoms with E-state index in [2.05, 4.69) is 36.2 Å². The quantitative estimate of drug-likeness (QED) is 0.416. The normalized spacial score (nSPS) is 24.3. The Labute approximate surface area is 76.8 Å². The van der Waals surface area contributed by atoms with Gasteiger partial charge in [-0.15, -0.1) is 34.3 Å². The van der Waals surface area contributed by atoms with Gasteiger partial charge < -0.3 is 0 Å². The van der Waals surface area contributed by atoms with Gasteiger partial charge in [-0.2, -0.15) is 22.6 Å². The monoisotopic (exact) mass is 218 g/mol. The van der Waals surface area contributed by atoms with Gasteiger partial charge in [0.15, 0.2) is 0 Å². The van der Waals surface area contributed by atoms with E-state index in [1.807, 2.05) is 10.8 Å². The fourth-order valence-corrected chi connectivity index (χ4v) is 10.9. The van der Waals surface area contributed by atoms with Gasteiger partial charge in [-0.05, 0) is 0 Å². The predicted molar refractivity (Wildman–Crippen MR) is 60.2 cm³/mol. The Kier molecular flexibility index (Phi) is 5.31. The van der Waals surface area contributed by atoms with E-state index in [4.69, 9.17) is 0 Å². The van der Waals surface area contributed by atoms with E-state index in [1.54, 1.807) is 0 Å². The maximum absolute atomic E-state index is 4.19. The average molecular weight is 218 g/mol. The van der Waals surface area contributed by atoms with Crippen molar-refractivity contribution in [1.82, 2.24) is 0 Å². The Morgan fingerprint density at radius 3 is 2.67 bits per heavy atom. The van der Waals surface area contributed by atoms with Crippen LogP contribution in [0.1, 0.15) is 0 Å². The molecular weight excluding hydrogens is 208 g/mol. The molecule has 0 aromatic heterocycles. The lowest BCUT2D eigenvalue weighted by atomic mass is 11.8. The number of hydrogen-bond donors (Lipinski definition) is 2. The third-order valence-electron chi connectivity index (χ3n) is 0.878. The molecule has 0 N–H and O–H groups in total. The minimum atomic E-state index is 0.294. The fraction of sp³-hybridized carbons (Fsp3) is 1.00. The number of thioether (sulfide) groups is 2. The molecule has 0 unspecified atom stereocenters. The standard InChI is InChI=1S/C4H10S5/c5-1-8-9-3-6-2-7-4-9/h5,9H,1-4H2. The zero-order valence-electron chi connectivity index (χ0n) is 4.95. The lowest BCUT2D eigenvalue weighted by molar-refractivity contribution is 2.02. The average Bonchev–Trinajstić information content (AvgIpc) is 1.91. The fourth-order valence-electron chi connectivity index (χ4n) is 0.531. The molecule has 0 aromatic carbocycles. The van der Waals surface area contributed by atoms with Crippen LogP contribution in [0.3, 0.4) is 0 Å². The highest BCUT2D eigenvalue weighted by Gasteiger charge is 2.08. The van der Waals surface area contributed by atoms with Crippen molar-refractivity contribution in [2.45, 2.75) is 0 Å². The maximum atomic E-state index is 4.19. The van der Waals surface area contributed by atoms with Gasteiger partial charge in [-0.3, -0.25) is 0 Å². The van der Waals surface area contributed by atoms with E-state index in [9.17, 15) is 0 Å². The number of rotatable bonds is 2. The van der Waals surface area contributed by atoms with Crippen LogP contribution in [0.2, 0.25) is 0 Å². The van der Waals surface area contributed by atoms with E-state index in [0.717, 1.165) is 5.08 Å². The molecule has 1 heterocycles. The van der Waals surface area contributed by atoms with Gasteiger partial charge in [0.1, 0.15) is 0 Å². The first-order valence-corrected chi connectivity index (χ1v) is 8.82. The van der Waals surface area contributed by atoms with Gasteiger partial charge in [-0.25, -0.2) is 0 Å². The SMILES string of the molecule is SCS[SH]1CSCSC1. The largest absolute Gasteiger partial charge is 0.185 e. The topological polar surface area (TPSA) is 0 Å². The minimum Gasteiger partial charge on any atom is -0.185 e. The van der Waals surface area contributed by atoms with Crippen molar-refractivity contribution in [1.29, 1.82) is 0 Å². The van der Waals surface area contributed by atoms with Gasteiger partial charge in [0, 0.05) is 20.3 Å². The maximum Gasteiger partial charge on any atom is 0.0449 e. The van der Waals surface area contributed by atoms with Crippen LogP contribution >= 0.6 is 56.9 Å². The van der Waals surface area contributed by atoms with Crippen LogP contribution in [0, 0.1) is 0 Å². The molecule has 0 spiro atoms. The van der Waals surface area contributed by atoms with Gasteiger partial charge in [0.25, 0.3) is 0 Å². The molecule has 1 rings (SSSR count). The summed E-state index contributed by atoms with van der Waals surface area (Å²) in [5.74, 6) is 0. The molecule has 1 aliphatic rings. The first-order valence-electron chi connectivity index (χ1n) is 2.57. The highest BCUT2D eigenvalue weighted by Crippen LogP contribution is 2.50. The number of hydrogen-bond acceptors (Lipinski definition) is 4. The second kappa shape index (κ2) is 5.41. The number of thiol groups is 2. The van der Waals surface area contributed by atoms with Crippen LogP contribution in [0.25, 0.3) is 0 Å². The summed E-state index contributed by atoms with van der Waals surface area (Å²) in [7, 11) is 2.33. The van der Waals surface area contributed by atoms with Crippen LogP contribution in [0.5, 0.6) is 0 Å². The van der Waals surface area contributed by atoms with Crippen molar-refractivity contribution < 1.29 is 0 Å². The van der Waals surface area contributed by atoms with Gasteiger partial charge in [0.2, 0.25) is 0 Å². The molecule has 0 nitrogen and oxygen atoms in total. The van der Waals surface area contributed by atoms with Crippen LogP contribution < -0.4 is 0 Å². The Balaban J connectivity index is 2.08. The Morgan fingerprint density at radius 2 is 2.11 bits per heavy atom. The molecule has 0 bridgehead atoms. The summed E-state index contributed by atoms with van der Waals surface area (Å²) in [6.07, 6.45) is 0. The van der Waals surface area contributed by atoms with Crippen molar-refractivity contribution >= 4 is 56.9 Å². The molecule has 1 aliphatic heterocycles. The molecule has 0 aromatic rings. The van der Waals surface area contributed by atoms with Crippen LogP contribution in [-0.2, 0) is 0 Å². The van der Waals surface area contributed by atoms with E-state index >= 15 is 0 Å². The van der Waals surface area contributed by atoms with E-state index in [-0.39, 0.29) is 0 Å². The van der Waals surface area contributed by atoms with Crippen LogP contribution in [0.4, 0.5) is 0 Å². The molecular formula is C4H10S5. The molecule has 0 atom stereocenters. The highest BCUT2D eigenvalue weighted by atomic mass is 33.1. The molecule has 1 fully saturated rings. The van der Waals surface area contributed by atoms with E-state index in [1.165, 1.54) is 15.3 Å². The highest BCUT2D eigenvalue weighted by molar-refractivity contribution is 8.89. The Bertz CT molecular complexity index is 66.6. The van der Waals surface area contributed by atoms with Crippen molar-refractivity contribution in [3.63, 3.8) is 0 Å². The van der Waals surface area contributed by atoms with Crippen LogP contribution in [-0.4, -0.2) is 20.3 Å². The van der Waals surface area contributed by atoms with Crippen molar-refractivity contribution in [3.8, 4) is 0 Å². The molecule has 0 radical (unpaired) electrons. The first-order chi connectivity index (χ1) is 4.43. The van der Waals surface area contributed by atoms with Crippen molar-refractivity contribution in [3.05, 3.63) is 0 Å². The Morgan fingerprint density at radius 1 is 1.44 bits per heavy atom. The third kappa shape index (κ3) is 3.60. The van der Waals surface area contributed by atoms with Crippen molar-refractivity contribution in [2.75, 3.05) is 20.3 Å². The molecule has 9 heavy (non-hydrogen) atoms. The minimum absolute atomic E-state index is 0.294. The summed E-state index contributed by atoms with van der Waals surface area (Å²) in [6, 6.07) is 0. The van der Waals surface area contributed by atoms with Gasteiger partial charge in [-0.1, -0.05) is 0 Å². The summed E-state index contributed by atoms with van der Waals surface area (Å²) in [5.41, 5.74) is 0. The molecule has 1 saturated heterocycles. The summed E-state index contributed by atoms with van der Waals surface area (Å²) >= 11 is 8.35. The van der Waals surface area contributed by atoms with Crippen LogP contribution in [0.15, 0.2) is 0 Å². The third-order valence-corrected chi connectivity index (χ3v) is 10.8. The van der Waals surface area contributed by atoms with Gasteiger partial charge >= 0.3 is 0 Å². The van der Waals surface area contributed by atoms with Crippen molar-refractivity contribution in [2.24, 2.45) is 0 Å². The first kappa shape index (κ1) is 8.84. The molecule has 56 valence electrons. The second-order valence-electron chi connectivity index (χ2n) is 1.52.